The van der Waals surface area contributed by atoms with Crippen molar-refractivity contribution in [2.24, 2.45) is 16.3 Å². The largest absolute Gasteiger partial charge is 0.357 e. The van der Waals surface area contributed by atoms with Crippen molar-refractivity contribution in [2.75, 3.05) is 39.8 Å². The highest BCUT2D eigenvalue weighted by Gasteiger charge is 2.21. The predicted octanol–water partition coefficient (Wildman–Crippen LogP) is 3.42. The maximum Gasteiger partial charge on any atom is 0.191 e. The number of hydrogen-bond donors (Lipinski definition) is 2. The molecule has 0 amide bonds. The summed E-state index contributed by atoms with van der Waals surface area (Å²) < 4.78 is 0. The Kier molecular flexibility index (Phi) is 7.57. The molecule has 2 rings (SSSR count). The topological polar surface area (TPSA) is 39.7 Å². The number of aliphatic imine (C=N–C) groups is 1. The Bertz CT molecular complexity index is 571. The molecule has 4 nitrogen and oxygen atoms in total. The lowest BCUT2D eigenvalue weighted by Gasteiger charge is -2.24. The third kappa shape index (κ3) is 7.25. The van der Waals surface area contributed by atoms with Crippen LogP contribution in [-0.4, -0.2) is 50.6 Å². The first-order valence-electron chi connectivity index (χ1n) is 9.33. The van der Waals surface area contributed by atoms with Gasteiger partial charge in [0.15, 0.2) is 5.96 Å². The van der Waals surface area contributed by atoms with Crippen molar-refractivity contribution in [2.45, 2.75) is 33.6 Å². The molecule has 1 aromatic carbocycles. The Morgan fingerprint density at radius 3 is 2.80 bits per heavy atom. The third-order valence-electron chi connectivity index (χ3n) is 4.63. The molecular formula is C20H33ClN4. The number of guanidine groups is 1. The van der Waals surface area contributed by atoms with Gasteiger partial charge in [-0.05, 0) is 62.4 Å². The van der Waals surface area contributed by atoms with Gasteiger partial charge in [-0.15, -0.1) is 0 Å². The van der Waals surface area contributed by atoms with Crippen LogP contribution in [0.5, 0.6) is 0 Å². The summed E-state index contributed by atoms with van der Waals surface area (Å²) in [5.41, 5.74) is 1.35. The second kappa shape index (κ2) is 9.44. The first-order chi connectivity index (χ1) is 11.9. The van der Waals surface area contributed by atoms with Gasteiger partial charge in [0.25, 0.3) is 0 Å². The van der Waals surface area contributed by atoms with Gasteiger partial charge in [-0.2, -0.15) is 0 Å². The number of hydrogen-bond acceptors (Lipinski definition) is 2. The van der Waals surface area contributed by atoms with Gasteiger partial charge < -0.3 is 15.5 Å². The zero-order valence-corrected chi connectivity index (χ0v) is 16.9. The van der Waals surface area contributed by atoms with E-state index in [1.54, 1.807) is 0 Å². The van der Waals surface area contributed by atoms with Gasteiger partial charge in [0.2, 0.25) is 0 Å². The zero-order valence-electron chi connectivity index (χ0n) is 16.1. The van der Waals surface area contributed by atoms with Gasteiger partial charge in [-0.25, -0.2) is 0 Å². The van der Waals surface area contributed by atoms with Crippen molar-refractivity contribution in [1.82, 2.24) is 15.5 Å². The molecule has 1 heterocycles. The molecule has 1 saturated heterocycles. The highest BCUT2D eigenvalue weighted by molar-refractivity contribution is 6.30. The molecule has 0 aliphatic carbocycles. The number of halogens is 1. The minimum atomic E-state index is 0.0839. The first kappa shape index (κ1) is 20.1. The molecule has 140 valence electrons. The molecule has 0 saturated carbocycles. The van der Waals surface area contributed by atoms with Gasteiger partial charge in [-0.3, -0.25) is 4.99 Å². The van der Waals surface area contributed by atoms with E-state index in [1.165, 1.54) is 25.1 Å². The molecular weight excluding hydrogens is 332 g/mol. The maximum atomic E-state index is 6.11. The minimum Gasteiger partial charge on any atom is -0.357 e. The first-order valence-corrected chi connectivity index (χ1v) is 9.71. The van der Waals surface area contributed by atoms with E-state index in [4.69, 9.17) is 16.6 Å². The SMILES string of the molecule is CCNC(=NCC(C)(C)Cc1cccc(Cl)c1)NCC1CCN(C)C1. The summed E-state index contributed by atoms with van der Waals surface area (Å²) in [4.78, 5) is 7.22. The van der Waals surface area contributed by atoms with E-state index in [2.05, 4.69) is 49.4 Å². The summed E-state index contributed by atoms with van der Waals surface area (Å²) in [6, 6.07) is 8.12. The Labute approximate surface area is 158 Å². The van der Waals surface area contributed by atoms with Crippen LogP contribution < -0.4 is 10.6 Å². The van der Waals surface area contributed by atoms with Crippen LogP contribution in [0.4, 0.5) is 0 Å². The van der Waals surface area contributed by atoms with Gasteiger partial charge in [0, 0.05) is 31.2 Å². The molecule has 1 aromatic rings. The van der Waals surface area contributed by atoms with Crippen molar-refractivity contribution in [3.63, 3.8) is 0 Å². The average molecular weight is 365 g/mol. The molecule has 1 atom stereocenters. The molecule has 25 heavy (non-hydrogen) atoms. The monoisotopic (exact) mass is 364 g/mol. The predicted molar refractivity (Wildman–Crippen MR) is 109 cm³/mol. The smallest absolute Gasteiger partial charge is 0.191 e. The van der Waals surface area contributed by atoms with E-state index in [1.807, 2.05) is 18.2 Å². The van der Waals surface area contributed by atoms with E-state index >= 15 is 0 Å². The molecule has 1 aliphatic rings. The molecule has 0 aromatic heterocycles. The molecule has 0 bridgehead atoms. The Balaban J connectivity index is 1.89. The van der Waals surface area contributed by atoms with Crippen LogP contribution in [-0.2, 0) is 6.42 Å². The molecule has 0 spiro atoms. The molecule has 2 N–H and O–H groups in total. The zero-order chi connectivity index (χ0) is 18.3. The Morgan fingerprint density at radius 1 is 1.36 bits per heavy atom. The number of likely N-dealkylation sites (tertiary alicyclic amines) is 1. The number of rotatable bonds is 7. The van der Waals surface area contributed by atoms with Gasteiger partial charge in [0.1, 0.15) is 0 Å². The quantitative estimate of drug-likeness (QED) is 0.575. The van der Waals surface area contributed by atoms with Crippen LogP contribution in [0, 0.1) is 11.3 Å². The lowest BCUT2D eigenvalue weighted by atomic mass is 9.86. The normalized spacial score (nSPS) is 19.2. The van der Waals surface area contributed by atoms with Crippen molar-refractivity contribution in [3.05, 3.63) is 34.9 Å². The van der Waals surface area contributed by atoms with E-state index in [9.17, 15) is 0 Å². The maximum absolute atomic E-state index is 6.11. The fraction of sp³-hybridized carbons (Fsp3) is 0.650. The second-order valence-electron chi connectivity index (χ2n) is 7.96. The number of nitrogens with one attached hydrogen (secondary N) is 2. The number of nitrogens with zero attached hydrogens (tertiary/aromatic N) is 2. The fourth-order valence-corrected chi connectivity index (χ4v) is 3.54. The van der Waals surface area contributed by atoms with Crippen LogP contribution in [0.25, 0.3) is 0 Å². The van der Waals surface area contributed by atoms with Crippen LogP contribution >= 0.6 is 11.6 Å². The van der Waals surface area contributed by atoms with Gasteiger partial charge >= 0.3 is 0 Å². The molecule has 1 aliphatic heterocycles. The summed E-state index contributed by atoms with van der Waals surface area (Å²) in [6.45, 7) is 11.6. The van der Waals surface area contributed by atoms with Gasteiger partial charge in [0.05, 0.1) is 0 Å². The Morgan fingerprint density at radius 2 is 2.16 bits per heavy atom. The van der Waals surface area contributed by atoms with E-state index < -0.39 is 0 Å². The third-order valence-corrected chi connectivity index (χ3v) is 4.86. The van der Waals surface area contributed by atoms with E-state index in [0.717, 1.165) is 37.0 Å². The Hall–Kier alpha value is -1.26. The average Bonchev–Trinajstić information content (AvgIpc) is 2.95. The van der Waals surface area contributed by atoms with Crippen LogP contribution in [0.1, 0.15) is 32.8 Å². The fourth-order valence-electron chi connectivity index (χ4n) is 3.32. The second-order valence-corrected chi connectivity index (χ2v) is 8.40. The highest BCUT2D eigenvalue weighted by Crippen LogP contribution is 2.24. The summed E-state index contributed by atoms with van der Waals surface area (Å²) in [7, 11) is 2.19. The van der Waals surface area contributed by atoms with E-state index in [0.29, 0.717) is 5.92 Å². The van der Waals surface area contributed by atoms with Crippen LogP contribution in [0.15, 0.2) is 29.3 Å². The highest BCUT2D eigenvalue weighted by atomic mass is 35.5. The summed E-state index contributed by atoms with van der Waals surface area (Å²) in [5.74, 6) is 1.64. The van der Waals surface area contributed by atoms with Crippen molar-refractivity contribution in [3.8, 4) is 0 Å². The van der Waals surface area contributed by atoms with Crippen molar-refractivity contribution < 1.29 is 0 Å². The van der Waals surface area contributed by atoms with Crippen LogP contribution in [0.3, 0.4) is 0 Å². The molecule has 5 heteroatoms. The van der Waals surface area contributed by atoms with Crippen molar-refractivity contribution in [1.29, 1.82) is 0 Å². The summed E-state index contributed by atoms with van der Waals surface area (Å²) in [5, 5.41) is 7.69. The number of benzene rings is 1. The molecule has 1 unspecified atom stereocenters. The van der Waals surface area contributed by atoms with Crippen molar-refractivity contribution >= 4 is 17.6 Å². The lowest BCUT2D eigenvalue weighted by Crippen LogP contribution is -2.41. The minimum absolute atomic E-state index is 0.0839. The molecule has 0 radical (unpaired) electrons. The lowest BCUT2D eigenvalue weighted by molar-refractivity contribution is 0.376. The molecule has 1 fully saturated rings. The van der Waals surface area contributed by atoms with Crippen LogP contribution in [0.2, 0.25) is 5.02 Å². The standard InChI is InChI=1S/C20H33ClN4/c1-5-22-19(23-13-17-9-10-25(4)14-17)24-15-20(2,3)12-16-7-6-8-18(21)11-16/h6-8,11,17H,5,9-10,12-15H2,1-4H3,(H2,22,23,24). The summed E-state index contributed by atoms with van der Waals surface area (Å²) >= 11 is 6.11. The van der Waals surface area contributed by atoms with E-state index in [-0.39, 0.29) is 5.41 Å². The summed E-state index contributed by atoms with van der Waals surface area (Å²) in [6.07, 6.45) is 2.23. The van der Waals surface area contributed by atoms with Gasteiger partial charge in [-0.1, -0.05) is 37.6 Å².